The van der Waals surface area contributed by atoms with E-state index in [1.807, 2.05) is 23.9 Å². The van der Waals surface area contributed by atoms with E-state index < -0.39 is 0 Å². The van der Waals surface area contributed by atoms with Gasteiger partial charge in [-0.3, -0.25) is 4.68 Å². The molecule has 4 rings (SSSR count). The van der Waals surface area contributed by atoms with Crippen LogP contribution in [0.1, 0.15) is 43.7 Å². The molecule has 0 saturated carbocycles. The fourth-order valence-electron chi connectivity index (χ4n) is 4.27. The van der Waals surface area contributed by atoms with Crippen LogP contribution in [0, 0.1) is 27.7 Å². The lowest BCUT2D eigenvalue weighted by atomic mass is 9.90. The normalized spacial score (nSPS) is 12.1. The van der Waals surface area contributed by atoms with Gasteiger partial charge in [-0.1, -0.05) is 12.1 Å². The van der Waals surface area contributed by atoms with E-state index in [0.717, 1.165) is 17.7 Å². The Hall–Kier alpha value is -2.88. The number of nitrogens with zero attached hydrogens (tertiary/aromatic N) is 2. The number of fused-ring (bicyclic) bond motifs is 3. The summed E-state index contributed by atoms with van der Waals surface area (Å²) in [4.78, 5) is 11.7. The second-order valence-electron chi connectivity index (χ2n) is 7.40. The van der Waals surface area contributed by atoms with Crippen LogP contribution >= 0.6 is 0 Å². The quantitative estimate of drug-likeness (QED) is 0.488. The number of hydrogen-bond acceptors (Lipinski definition) is 3. The summed E-state index contributed by atoms with van der Waals surface area (Å²) < 4.78 is 6.80. The van der Waals surface area contributed by atoms with E-state index in [4.69, 9.17) is 9.84 Å². The Kier molecular flexibility index (Phi) is 3.95. The third kappa shape index (κ3) is 2.43. The van der Waals surface area contributed by atoms with Crippen LogP contribution in [0.5, 0.6) is 0 Å². The Bertz CT molecular complexity index is 1090. The lowest BCUT2D eigenvalue weighted by molar-refractivity contribution is 0.0601. The van der Waals surface area contributed by atoms with Crippen LogP contribution in [0.4, 0.5) is 0 Å². The molecule has 138 valence electrons. The molecule has 0 saturated heterocycles. The molecule has 0 aliphatic heterocycles. The van der Waals surface area contributed by atoms with E-state index in [1.165, 1.54) is 51.7 Å². The largest absolute Gasteiger partial charge is 0.465 e. The molecule has 0 atom stereocenters. The summed E-state index contributed by atoms with van der Waals surface area (Å²) in [5, 5.41) is 4.82. The van der Waals surface area contributed by atoms with Crippen LogP contribution in [-0.4, -0.2) is 22.9 Å². The zero-order valence-electron chi connectivity index (χ0n) is 16.7. The van der Waals surface area contributed by atoms with Crippen LogP contribution in [0.2, 0.25) is 0 Å². The second kappa shape index (κ2) is 6.08. The molecule has 4 heteroatoms. The first-order valence-corrected chi connectivity index (χ1v) is 9.19. The first-order valence-electron chi connectivity index (χ1n) is 9.19. The highest BCUT2D eigenvalue weighted by Gasteiger charge is 2.31. The molecular formula is C23H24N2O2. The minimum absolute atomic E-state index is 0.322. The number of esters is 1. The van der Waals surface area contributed by atoms with E-state index in [-0.39, 0.29) is 5.97 Å². The first kappa shape index (κ1) is 17.5. The van der Waals surface area contributed by atoms with E-state index in [9.17, 15) is 4.79 Å². The minimum Gasteiger partial charge on any atom is -0.465 e. The average molecular weight is 360 g/mol. The van der Waals surface area contributed by atoms with Gasteiger partial charge in [-0.05, 0) is 67.6 Å². The smallest absolute Gasteiger partial charge is 0.337 e. The molecule has 2 aromatic carbocycles. The van der Waals surface area contributed by atoms with Gasteiger partial charge < -0.3 is 4.74 Å². The predicted molar refractivity (Wildman–Crippen MR) is 107 cm³/mol. The van der Waals surface area contributed by atoms with Gasteiger partial charge in [0, 0.05) is 30.2 Å². The summed E-state index contributed by atoms with van der Waals surface area (Å²) in [5.41, 5.74) is 13.3. The lowest BCUT2D eigenvalue weighted by Gasteiger charge is -2.16. The molecule has 4 nitrogen and oxygen atoms in total. The molecule has 0 fully saturated rings. The molecule has 27 heavy (non-hydrogen) atoms. The highest BCUT2D eigenvalue weighted by atomic mass is 16.5. The zero-order valence-corrected chi connectivity index (χ0v) is 16.7. The number of methoxy groups -OCH3 is 1. The van der Waals surface area contributed by atoms with Gasteiger partial charge in [0.05, 0.1) is 24.1 Å². The van der Waals surface area contributed by atoms with Crippen molar-refractivity contribution in [3.63, 3.8) is 0 Å². The van der Waals surface area contributed by atoms with Gasteiger partial charge in [0.25, 0.3) is 0 Å². The molecule has 1 aromatic heterocycles. The molecule has 1 aliphatic rings. The van der Waals surface area contributed by atoms with Crippen molar-refractivity contribution in [3.8, 4) is 22.5 Å². The van der Waals surface area contributed by atoms with Crippen molar-refractivity contribution < 1.29 is 9.53 Å². The number of aromatic nitrogens is 2. The van der Waals surface area contributed by atoms with E-state index in [1.54, 1.807) is 12.1 Å². The van der Waals surface area contributed by atoms with Gasteiger partial charge in [-0.25, -0.2) is 4.79 Å². The standard InChI is InChI=1S/C23H24N2O2/c1-12-13(2)15(4)20-18(14(12)3)11-19-21(24-25(5)22(19)20)16-7-9-17(10-8-16)23(26)27-6/h7-10H,11H2,1-6H3. The van der Waals surface area contributed by atoms with Crippen LogP contribution in [0.25, 0.3) is 22.5 Å². The van der Waals surface area contributed by atoms with Gasteiger partial charge >= 0.3 is 5.97 Å². The number of hydrogen-bond donors (Lipinski definition) is 0. The lowest BCUT2D eigenvalue weighted by Crippen LogP contribution is -2.02. The van der Waals surface area contributed by atoms with Gasteiger partial charge in [-0.2, -0.15) is 5.10 Å². The number of rotatable bonds is 2. The molecular weight excluding hydrogens is 336 g/mol. The van der Waals surface area contributed by atoms with Crippen LogP contribution in [0.15, 0.2) is 24.3 Å². The first-order chi connectivity index (χ1) is 12.8. The molecule has 0 bridgehead atoms. The summed E-state index contributed by atoms with van der Waals surface area (Å²) in [5.74, 6) is -0.322. The maximum Gasteiger partial charge on any atom is 0.337 e. The third-order valence-corrected chi connectivity index (χ3v) is 6.13. The molecule has 0 radical (unpaired) electrons. The summed E-state index contributed by atoms with van der Waals surface area (Å²) in [6.45, 7) is 8.86. The number of carbonyl (C=O) groups excluding carboxylic acids is 1. The van der Waals surface area contributed by atoms with Crippen LogP contribution in [-0.2, 0) is 18.2 Å². The van der Waals surface area contributed by atoms with Gasteiger partial charge in [0.2, 0.25) is 0 Å². The molecule has 1 aliphatic carbocycles. The summed E-state index contributed by atoms with van der Waals surface area (Å²) in [6.07, 6.45) is 0.903. The molecule has 0 spiro atoms. The van der Waals surface area contributed by atoms with E-state index in [2.05, 4.69) is 27.7 Å². The SMILES string of the molecule is COC(=O)c1ccc(-c2nn(C)c3c2Cc2c(C)c(C)c(C)c(C)c2-3)cc1. The van der Waals surface area contributed by atoms with E-state index in [0.29, 0.717) is 5.56 Å². The van der Waals surface area contributed by atoms with Gasteiger partial charge in [0.15, 0.2) is 0 Å². The monoisotopic (exact) mass is 360 g/mol. The fraction of sp³-hybridized carbons (Fsp3) is 0.304. The molecule has 3 aromatic rings. The molecule has 1 heterocycles. The highest BCUT2D eigenvalue weighted by Crippen LogP contribution is 2.46. The number of carbonyl (C=O) groups is 1. The van der Waals surface area contributed by atoms with Crippen molar-refractivity contribution in [2.24, 2.45) is 7.05 Å². The Morgan fingerprint density at radius 2 is 1.59 bits per heavy atom. The molecule has 0 amide bonds. The fourth-order valence-corrected chi connectivity index (χ4v) is 4.27. The Morgan fingerprint density at radius 3 is 2.22 bits per heavy atom. The topological polar surface area (TPSA) is 44.1 Å². The third-order valence-electron chi connectivity index (χ3n) is 6.13. The molecule has 0 N–H and O–H groups in total. The minimum atomic E-state index is -0.322. The molecule has 0 unspecified atom stereocenters. The Labute approximate surface area is 159 Å². The maximum absolute atomic E-state index is 11.7. The Morgan fingerprint density at radius 1 is 0.963 bits per heavy atom. The summed E-state index contributed by atoms with van der Waals surface area (Å²) >= 11 is 0. The van der Waals surface area contributed by atoms with E-state index >= 15 is 0 Å². The average Bonchev–Trinajstić information content (AvgIpc) is 3.22. The summed E-state index contributed by atoms with van der Waals surface area (Å²) in [6, 6.07) is 7.51. The highest BCUT2D eigenvalue weighted by molar-refractivity contribution is 5.90. The van der Waals surface area contributed by atoms with Crippen LogP contribution in [0.3, 0.4) is 0 Å². The van der Waals surface area contributed by atoms with Crippen molar-refractivity contribution in [1.82, 2.24) is 9.78 Å². The number of aryl methyl sites for hydroxylation is 1. The van der Waals surface area contributed by atoms with Crippen molar-refractivity contribution in [1.29, 1.82) is 0 Å². The van der Waals surface area contributed by atoms with Crippen LogP contribution < -0.4 is 0 Å². The van der Waals surface area contributed by atoms with Gasteiger partial charge in [0.1, 0.15) is 0 Å². The second-order valence-corrected chi connectivity index (χ2v) is 7.40. The van der Waals surface area contributed by atoms with Crippen molar-refractivity contribution >= 4 is 5.97 Å². The summed E-state index contributed by atoms with van der Waals surface area (Å²) in [7, 11) is 3.41. The van der Waals surface area contributed by atoms with Gasteiger partial charge in [-0.15, -0.1) is 0 Å². The number of ether oxygens (including phenoxy) is 1. The zero-order chi connectivity index (χ0) is 19.5. The van der Waals surface area contributed by atoms with Crippen molar-refractivity contribution in [2.45, 2.75) is 34.1 Å². The van der Waals surface area contributed by atoms with Crippen molar-refractivity contribution in [2.75, 3.05) is 7.11 Å². The number of benzene rings is 2. The predicted octanol–water partition coefficient (Wildman–Crippen LogP) is 4.68. The van der Waals surface area contributed by atoms with Crippen molar-refractivity contribution in [3.05, 3.63) is 63.2 Å². The Balaban J connectivity index is 1.87. The maximum atomic E-state index is 11.7.